The third-order valence-electron chi connectivity index (χ3n) is 3.95. The summed E-state index contributed by atoms with van der Waals surface area (Å²) in [6.45, 7) is 0.255. The van der Waals surface area contributed by atoms with Crippen LogP contribution >= 0.6 is 11.8 Å². The van der Waals surface area contributed by atoms with Crippen molar-refractivity contribution < 1.29 is 28.6 Å². The standard InChI is InChI=1S/C21H19NO6S/c1-26-19(23)14-22-20(24)18(29-21(22)25)13-15-7-5-6-10-17(15)28-12-11-27-16-8-3-2-4-9-16/h2-10,13H,11-12,14H2,1H3. The lowest BCUT2D eigenvalue weighted by molar-refractivity contribution is -0.143. The van der Waals surface area contributed by atoms with Gasteiger partial charge in [0.2, 0.25) is 0 Å². The fourth-order valence-electron chi connectivity index (χ4n) is 2.53. The van der Waals surface area contributed by atoms with Crippen LogP contribution in [0.2, 0.25) is 0 Å². The van der Waals surface area contributed by atoms with Gasteiger partial charge >= 0.3 is 5.97 Å². The highest BCUT2D eigenvalue weighted by Crippen LogP contribution is 2.33. The maximum Gasteiger partial charge on any atom is 0.325 e. The Hall–Kier alpha value is -3.26. The summed E-state index contributed by atoms with van der Waals surface area (Å²) in [6, 6.07) is 16.6. The highest BCUT2D eigenvalue weighted by molar-refractivity contribution is 8.18. The summed E-state index contributed by atoms with van der Waals surface area (Å²) in [7, 11) is 1.20. The van der Waals surface area contributed by atoms with Crippen molar-refractivity contribution in [3.63, 3.8) is 0 Å². The summed E-state index contributed by atoms with van der Waals surface area (Å²) in [5.74, 6) is 0.121. The number of methoxy groups -OCH3 is 1. The minimum atomic E-state index is -0.657. The van der Waals surface area contributed by atoms with Gasteiger partial charge in [-0.15, -0.1) is 0 Å². The molecule has 1 aliphatic heterocycles. The average Bonchev–Trinajstić information content (AvgIpc) is 3.00. The third-order valence-corrected chi connectivity index (χ3v) is 4.85. The molecular formula is C21H19NO6S. The van der Waals surface area contributed by atoms with Crippen molar-refractivity contribution in [3.8, 4) is 11.5 Å². The molecular weight excluding hydrogens is 394 g/mol. The molecule has 1 fully saturated rings. The Morgan fingerprint density at radius 2 is 1.69 bits per heavy atom. The van der Waals surface area contributed by atoms with E-state index in [0.29, 0.717) is 24.5 Å². The Labute approximate surface area is 172 Å². The molecule has 8 heteroatoms. The van der Waals surface area contributed by atoms with E-state index in [1.807, 2.05) is 36.4 Å². The van der Waals surface area contributed by atoms with Gasteiger partial charge in [0.05, 0.1) is 12.0 Å². The minimum Gasteiger partial charge on any atom is -0.490 e. The molecule has 0 atom stereocenters. The summed E-state index contributed by atoms with van der Waals surface area (Å²) >= 11 is 0.774. The molecule has 1 aliphatic rings. The quantitative estimate of drug-likeness (QED) is 0.373. The lowest BCUT2D eigenvalue weighted by atomic mass is 10.2. The number of carbonyl (C=O) groups is 3. The number of carbonyl (C=O) groups excluding carboxylic acids is 3. The maximum absolute atomic E-state index is 12.4. The van der Waals surface area contributed by atoms with E-state index >= 15 is 0 Å². The maximum atomic E-state index is 12.4. The molecule has 7 nitrogen and oxygen atoms in total. The topological polar surface area (TPSA) is 82.1 Å². The Kier molecular flexibility index (Phi) is 6.91. The number of imide groups is 1. The van der Waals surface area contributed by atoms with Crippen molar-refractivity contribution in [1.29, 1.82) is 0 Å². The Balaban J connectivity index is 1.64. The van der Waals surface area contributed by atoms with Crippen LogP contribution in [-0.4, -0.2) is 48.9 Å². The van der Waals surface area contributed by atoms with Gasteiger partial charge in [0.15, 0.2) is 0 Å². The van der Waals surface area contributed by atoms with Crippen molar-refractivity contribution in [3.05, 3.63) is 65.1 Å². The number of ether oxygens (including phenoxy) is 3. The molecule has 0 spiro atoms. The van der Waals surface area contributed by atoms with Crippen LogP contribution in [0, 0.1) is 0 Å². The zero-order valence-corrected chi connectivity index (χ0v) is 16.5. The van der Waals surface area contributed by atoms with Gasteiger partial charge in [-0.05, 0) is 36.0 Å². The van der Waals surface area contributed by atoms with Gasteiger partial charge in [-0.2, -0.15) is 0 Å². The van der Waals surface area contributed by atoms with Crippen LogP contribution in [0.4, 0.5) is 4.79 Å². The normalized spacial score (nSPS) is 14.9. The summed E-state index contributed by atoms with van der Waals surface area (Å²) in [6.07, 6.45) is 1.58. The van der Waals surface area contributed by atoms with E-state index in [2.05, 4.69) is 4.74 Å². The fraction of sp³-hybridized carbons (Fsp3) is 0.190. The molecule has 0 unspecified atom stereocenters. The molecule has 0 radical (unpaired) electrons. The number of thioether (sulfide) groups is 1. The van der Waals surface area contributed by atoms with Crippen LogP contribution in [0.3, 0.4) is 0 Å². The second kappa shape index (κ2) is 9.79. The Morgan fingerprint density at radius 1 is 1.00 bits per heavy atom. The van der Waals surface area contributed by atoms with Gasteiger partial charge in [-0.3, -0.25) is 19.3 Å². The van der Waals surface area contributed by atoms with Crippen LogP contribution < -0.4 is 9.47 Å². The van der Waals surface area contributed by atoms with Gasteiger partial charge in [0, 0.05) is 5.56 Å². The smallest absolute Gasteiger partial charge is 0.325 e. The van der Waals surface area contributed by atoms with Gasteiger partial charge < -0.3 is 14.2 Å². The monoisotopic (exact) mass is 413 g/mol. The van der Waals surface area contributed by atoms with Crippen LogP contribution in [0.1, 0.15) is 5.56 Å². The van der Waals surface area contributed by atoms with E-state index in [9.17, 15) is 14.4 Å². The zero-order chi connectivity index (χ0) is 20.6. The summed E-state index contributed by atoms with van der Waals surface area (Å²) in [5.41, 5.74) is 0.649. The lowest BCUT2D eigenvalue weighted by Crippen LogP contribution is -2.34. The molecule has 2 aromatic rings. The molecule has 150 valence electrons. The number of esters is 1. The van der Waals surface area contributed by atoms with E-state index < -0.39 is 23.7 Å². The minimum absolute atomic E-state index is 0.218. The number of rotatable bonds is 8. The molecule has 0 bridgehead atoms. The number of para-hydroxylation sites is 2. The number of hydrogen-bond acceptors (Lipinski definition) is 7. The van der Waals surface area contributed by atoms with Crippen LogP contribution in [0.25, 0.3) is 6.08 Å². The van der Waals surface area contributed by atoms with Crippen LogP contribution in [-0.2, 0) is 14.3 Å². The highest BCUT2D eigenvalue weighted by Gasteiger charge is 2.36. The van der Waals surface area contributed by atoms with Gasteiger partial charge in [-0.25, -0.2) is 0 Å². The van der Waals surface area contributed by atoms with E-state index in [4.69, 9.17) is 9.47 Å². The van der Waals surface area contributed by atoms with Gasteiger partial charge in [0.25, 0.3) is 11.1 Å². The van der Waals surface area contributed by atoms with Crippen molar-refractivity contribution in [2.45, 2.75) is 0 Å². The predicted octanol–water partition coefficient (Wildman–Crippen LogP) is 3.35. The zero-order valence-electron chi connectivity index (χ0n) is 15.7. The highest BCUT2D eigenvalue weighted by atomic mass is 32.2. The van der Waals surface area contributed by atoms with Crippen molar-refractivity contribution in [2.75, 3.05) is 26.9 Å². The van der Waals surface area contributed by atoms with E-state index in [1.54, 1.807) is 24.3 Å². The SMILES string of the molecule is COC(=O)CN1C(=O)SC(=Cc2ccccc2OCCOc2ccccc2)C1=O. The number of amides is 2. The van der Waals surface area contributed by atoms with Crippen LogP contribution in [0.5, 0.6) is 11.5 Å². The second-order valence-electron chi connectivity index (χ2n) is 5.89. The average molecular weight is 413 g/mol. The number of nitrogens with zero attached hydrogens (tertiary/aromatic N) is 1. The van der Waals surface area contributed by atoms with Crippen molar-refractivity contribution in [1.82, 2.24) is 4.90 Å². The Morgan fingerprint density at radius 3 is 2.45 bits per heavy atom. The first kappa shape index (κ1) is 20.5. The second-order valence-corrected chi connectivity index (χ2v) is 6.88. The van der Waals surface area contributed by atoms with E-state index in [1.165, 1.54) is 7.11 Å². The first-order valence-electron chi connectivity index (χ1n) is 8.80. The molecule has 29 heavy (non-hydrogen) atoms. The first-order chi connectivity index (χ1) is 14.1. The molecule has 1 heterocycles. The largest absolute Gasteiger partial charge is 0.490 e. The van der Waals surface area contributed by atoms with Crippen molar-refractivity contribution in [2.24, 2.45) is 0 Å². The molecule has 2 aromatic carbocycles. The van der Waals surface area contributed by atoms with Crippen LogP contribution in [0.15, 0.2) is 59.5 Å². The van der Waals surface area contributed by atoms with E-state index in [-0.39, 0.29) is 4.91 Å². The predicted molar refractivity (Wildman–Crippen MR) is 109 cm³/mol. The molecule has 0 N–H and O–H groups in total. The molecule has 3 rings (SSSR count). The van der Waals surface area contributed by atoms with Gasteiger partial charge in [-0.1, -0.05) is 36.4 Å². The summed E-state index contributed by atoms with van der Waals surface area (Å²) in [4.78, 5) is 37.0. The Bertz CT molecular complexity index is 928. The number of hydrogen-bond donors (Lipinski definition) is 0. The molecule has 1 saturated heterocycles. The van der Waals surface area contributed by atoms with Gasteiger partial charge in [0.1, 0.15) is 31.3 Å². The number of benzene rings is 2. The molecule has 0 aromatic heterocycles. The third kappa shape index (κ3) is 5.39. The van der Waals surface area contributed by atoms with E-state index in [0.717, 1.165) is 22.4 Å². The fourth-order valence-corrected chi connectivity index (χ4v) is 3.36. The molecule has 0 aliphatic carbocycles. The summed E-state index contributed by atoms with van der Waals surface area (Å²) in [5, 5.41) is -0.513. The first-order valence-corrected chi connectivity index (χ1v) is 9.62. The lowest BCUT2D eigenvalue weighted by Gasteiger charge is -2.11. The molecule has 2 amide bonds. The summed E-state index contributed by atoms with van der Waals surface area (Å²) < 4.78 is 15.9. The van der Waals surface area contributed by atoms with Crippen molar-refractivity contribution >= 4 is 35.0 Å². The molecule has 0 saturated carbocycles.